The molecule has 1 atom stereocenters. The van der Waals surface area contributed by atoms with Gasteiger partial charge in [-0.25, -0.2) is 0 Å². The second-order valence-corrected chi connectivity index (χ2v) is 4.87. The minimum absolute atomic E-state index is 0.0543. The fraction of sp³-hybridized carbons (Fsp3) is 0.133. The van der Waals surface area contributed by atoms with Crippen LogP contribution in [0.2, 0.25) is 5.02 Å². The second-order valence-electron chi connectivity index (χ2n) is 4.43. The summed E-state index contributed by atoms with van der Waals surface area (Å²) in [6, 6.07) is 15.6. The Morgan fingerprint density at radius 1 is 1.11 bits per heavy atom. The lowest BCUT2D eigenvalue weighted by Gasteiger charge is -2.27. The maximum Gasteiger partial charge on any atom is 0.225 e. The summed E-state index contributed by atoms with van der Waals surface area (Å²) in [4.78, 5) is 11.8. The zero-order valence-electron chi connectivity index (χ0n) is 9.69. The normalized spacial score (nSPS) is 18.1. The summed E-state index contributed by atoms with van der Waals surface area (Å²) in [5.74, 6) is 0.0543. The lowest BCUT2D eigenvalue weighted by atomic mass is 9.90. The van der Waals surface area contributed by atoms with Crippen molar-refractivity contribution in [2.24, 2.45) is 0 Å². The number of hydrogen-bond donors (Lipinski definition) is 1. The lowest BCUT2D eigenvalue weighted by Crippen LogP contribution is -2.35. The Kier molecular flexibility index (Phi) is 2.80. The summed E-state index contributed by atoms with van der Waals surface area (Å²) in [7, 11) is 0. The first-order valence-electron chi connectivity index (χ1n) is 5.86. The maximum atomic E-state index is 11.8. The first kappa shape index (κ1) is 11.3. The van der Waals surface area contributed by atoms with Crippen LogP contribution in [0.15, 0.2) is 48.5 Å². The molecule has 2 nitrogen and oxygen atoms in total. The van der Waals surface area contributed by atoms with Crippen LogP contribution in [0.25, 0.3) is 0 Å². The molecule has 3 rings (SSSR count). The summed E-state index contributed by atoms with van der Waals surface area (Å²) in [6.45, 7) is 0. The van der Waals surface area contributed by atoms with Crippen molar-refractivity contribution in [2.45, 2.75) is 12.5 Å². The summed E-state index contributed by atoms with van der Waals surface area (Å²) in [6.07, 6.45) is 0.426. The second kappa shape index (κ2) is 4.46. The van der Waals surface area contributed by atoms with Crippen molar-refractivity contribution in [3.63, 3.8) is 0 Å². The van der Waals surface area contributed by atoms with Gasteiger partial charge in [-0.15, -0.1) is 0 Å². The number of rotatable bonds is 1. The van der Waals surface area contributed by atoms with Gasteiger partial charge in [0.1, 0.15) is 0 Å². The number of hydrogen-bond acceptors (Lipinski definition) is 1. The van der Waals surface area contributed by atoms with Gasteiger partial charge in [0.15, 0.2) is 0 Å². The van der Waals surface area contributed by atoms with E-state index in [-0.39, 0.29) is 11.9 Å². The predicted molar refractivity (Wildman–Crippen MR) is 71.6 cm³/mol. The number of carbonyl (C=O) groups is 1. The largest absolute Gasteiger partial charge is 0.345 e. The number of halogens is 1. The van der Waals surface area contributed by atoms with E-state index in [9.17, 15) is 4.79 Å². The number of carbonyl (C=O) groups excluding carboxylic acids is 1. The van der Waals surface area contributed by atoms with Crippen molar-refractivity contribution in [3.8, 4) is 0 Å². The SMILES string of the molecule is O=C1Cc2ccc(Cl)cc2C(c2ccccc2)N1. The Morgan fingerprint density at radius 3 is 2.67 bits per heavy atom. The fourth-order valence-electron chi connectivity index (χ4n) is 2.37. The van der Waals surface area contributed by atoms with E-state index in [1.54, 1.807) is 0 Å². The molecule has 0 radical (unpaired) electrons. The van der Waals surface area contributed by atoms with Crippen molar-refractivity contribution in [1.82, 2.24) is 5.32 Å². The van der Waals surface area contributed by atoms with E-state index >= 15 is 0 Å². The molecule has 1 heterocycles. The molecule has 1 aliphatic rings. The average molecular weight is 258 g/mol. The van der Waals surface area contributed by atoms with Gasteiger partial charge in [0.2, 0.25) is 5.91 Å². The predicted octanol–water partition coefficient (Wildman–Crippen LogP) is 3.10. The van der Waals surface area contributed by atoms with Crippen LogP contribution >= 0.6 is 11.6 Å². The lowest BCUT2D eigenvalue weighted by molar-refractivity contribution is -0.121. The van der Waals surface area contributed by atoms with Crippen LogP contribution in [0, 0.1) is 0 Å². The van der Waals surface area contributed by atoms with Gasteiger partial charge in [-0.1, -0.05) is 48.0 Å². The molecule has 0 saturated carbocycles. The van der Waals surface area contributed by atoms with Gasteiger partial charge < -0.3 is 5.32 Å². The molecule has 1 unspecified atom stereocenters. The first-order chi connectivity index (χ1) is 8.74. The zero-order chi connectivity index (χ0) is 12.5. The summed E-state index contributed by atoms with van der Waals surface area (Å²) < 4.78 is 0. The molecule has 90 valence electrons. The topological polar surface area (TPSA) is 29.1 Å². The first-order valence-corrected chi connectivity index (χ1v) is 6.24. The number of nitrogens with one attached hydrogen (secondary N) is 1. The van der Waals surface area contributed by atoms with Crippen LogP contribution in [-0.2, 0) is 11.2 Å². The Hall–Kier alpha value is -1.80. The summed E-state index contributed by atoms with van der Waals surface area (Å²) >= 11 is 6.05. The van der Waals surface area contributed by atoms with Gasteiger partial charge in [0.05, 0.1) is 12.5 Å². The summed E-state index contributed by atoms with van der Waals surface area (Å²) in [5.41, 5.74) is 3.22. The van der Waals surface area contributed by atoms with E-state index in [0.717, 1.165) is 16.7 Å². The minimum atomic E-state index is -0.0962. The van der Waals surface area contributed by atoms with Crippen molar-refractivity contribution >= 4 is 17.5 Å². The molecular weight excluding hydrogens is 246 g/mol. The molecule has 1 aliphatic heterocycles. The van der Waals surface area contributed by atoms with Gasteiger partial charge in [-0.3, -0.25) is 4.79 Å². The summed E-state index contributed by atoms with van der Waals surface area (Å²) in [5, 5.41) is 3.72. The molecule has 0 bridgehead atoms. The van der Waals surface area contributed by atoms with Crippen molar-refractivity contribution in [3.05, 3.63) is 70.2 Å². The highest BCUT2D eigenvalue weighted by Crippen LogP contribution is 2.30. The smallest absolute Gasteiger partial charge is 0.225 e. The highest BCUT2D eigenvalue weighted by Gasteiger charge is 2.25. The van der Waals surface area contributed by atoms with E-state index in [1.165, 1.54) is 0 Å². The van der Waals surface area contributed by atoms with Crippen LogP contribution in [0.5, 0.6) is 0 Å². The van der Waals surface area contributed by atoms with Crippen molar-refractivity contribution in [2.75, 3.05) is 0 Å². The molecule has 2 aromatic rings. The Labute approximate surface area is 111 Å². The monoisotopic (exact) mass is 257 g/mol. The fourth-order valence-corrected chi connectivity index (χ4v) is 2.55. The Balaban J connectivity index is 2.12. The van der Waals surface area contributed by atoms with Crippen LogP contribution in [0.3, 0.4) is 0 Å². The zero-order valence-corrected chi connectivity index (χ0v) is 10.4. The van der Waals surface area contributed by atoms with Gasteiger partial charge >= 0.3 is 0 Å². The van der Waals surface area contributed by atoms with Gasteiger partial charge in [0, 0.05) is 5.02 Å². The highest BCUT2D eigenvalue weighted by molar-refractivity contribution is 6.30. The number of benzene rings is 2. The van der Waals surface area contributed by atoms with Crippen LogP contribution in [0.4, 0.5) is 0 Å². The quantitative estimate of drug-likeness (QED) is 0.836. The van der Waals surface area contributed by atoms with E-state index in [4.69, 9.17) is 11.6 Å². The molecule has 0 aliphatic carbocycles. The molecule has 3 heteroatoms. The molecular formula is C15H12ClNO. The molecule has 18 heavy (non-hydrogen) atoms. The van der Waals surface area contributed by atoms with E-state index in [1.807, 2.05) is 48.5 Å². The Bertz CT molecular complexity index is 595. The number of amides is 1. The van der Waals surface area contributed by atoms with Gasteiger partial charge in [-0.05, 0) is 28.8 Å². The Morgan fingerprint density at radius 2 is 1.89 bits per heavy atom. The third-order valence-electron chi connectivity index (χ3n) is 3.21. The molecule has 0 saturated heterocycles. The molecule has 2 aromatic carbocycles. The molecule has 1 N–H and O–H groups in total. The van der Waals surface area contributed by atoms with Crippen molar-refractivity contribution in [1.29, 1.82) is 0 Å². The molecule has 0 spiro atoms. The van der Waals surface area contributed by atoms with Gasteiger partial charge in [0.25, 0.3) is 0 Å². The molecule has 0 aromatic heterocycles. The standard InChI is InChI=1S/C15H12ClNO/c16-12-7-6-11-8-14(18)17-15(13(11)9-12)10-4-2-1-3-5-10/h1-7,9,15H,8H2,(H,17,18). The number of fused-ring (bicyclic) bond motifs is 1. The maximum absolute atomic E-state index is 11.8. The van der Waals surface area contributed by atoms with E-state index in [2.05, 4.69) is 5.32 Å². The van der Waals surface area contributed by atoms with Gasteiger partial charge in [-0.2, -0.15) is 0 Å². The average Bonchev–Trinajstić information content (AvgIpc) is 2.39. The van der Waals surface area contributed by atoms with Crippen LogP contribution < -0.4 is 5.32 Å². The van der Waals surface area contributed by atoms with E-state index < -0.39 is 0 Å². The third-order valence-corrected chi connectivity index (χ3v) is 3.44. The van der Waals surface area contributed by atoms with E-state index in [0.29, 0.717) is 11.4 Å². The third kappa shape index (κ3) is 2.00. The van der Waals surface area contributed by atoms with Crippen LogP contribution in [0.1, 0.15) is 22.7 Å². The minimum Gasteiger partial charge on any atom is -0.345 e. The highest BCUT2D eigenvalue weighted by atomic mass is 35.5. The molecule has 0 fully saturated rings. The van der Waals surface area contributed by atoms with Crippen LogP contribution in [-0.4, -0.2) is 5.91 Å². The van der Waals surface area contributed by atoms with Crippen molar-refractivity contribution < 1.29 is 4.79 Å². The molecule has 1 amide bonds.